The molecule has 24 heavy (non-hydrogen) atoms. The number of benzene rings is 1. The summed E-state index contributed by atoms with van der Waals surface area (Å²) in [5.74, 6) is 0.0976. The third-order valence-electron chi connectivity index (χ3n) is 4.64. The predicted octanol–water partition coefficient (Wildman–Crippen LogP) is 3.19. The lowest BCUT2D eigenvalue weighted by molar-refractivity contribution is 0.0735. The van der Waals surface area contributed by atoms with Crippen molar-refractivity contribution in [3.63, 3.8) is 0 Å². The lowest BCUT2D eigenvalue weighted by Crippen LogP contribution is -2.30. The molecule has 2 aromatic heterocycles. The highest BCUT2D eigenvalue weighted by Crippen LogP contribution is 2.32. The number of carbonyl (C=O) groups is 1. The zero-order valence-corrected chi connectivity index (χ0v) is 13.7. The second-order valence-electron chi connectivity index (χ2n) is 6.24. The molecule has 3 heterocycles. The SMILES string of the molecule is Cn1cc(C2CCCN2C(=O)c2ccc(-n3cccc3)cc2)cn1. The first-order chi connectivity index (χ1) is 11.7. The van der Waals surface area contributed by atoms with E-state index in [1.807, 2.05) is 77.7 Å². The lowest BCUT2D eigenvalue weighted by atomic mass is 10.1. The van der Waals surface area contributed by atoms with Crippen molar-refractivity contribution < 1.29 is 4.79 Å². The zero-order valence-electron chi connectivity index (χ0n) is 13.7. The van der Waals surface area contributed by atoms with Crippen LogP contribution in [-0.4, -0.2) is 31.7 Å². The molecule has 0 bridgehead atoms. The fourth-order valence-electron chi connectivity index (χ4n) is 3.42. The van der Waals surface area contributed by atoms with E-state index in [1.165, 1.54) is 0 Å². The third kappa shape index (κ3) is 2.62. The van der Waals surface area contributed by atoms with Crippen LogP contribution in [0.1, 0.15) is 34.8 Å². The topological polar surface area (TPSA) is 43.1 Å². The van der Waals surface area contributed by atoms with Gasteiger partial charge in [0.05, 0.1) is 12.2 Å². The number of hydrogen-bond acceptors (Lipinski definition) is 2. The minimum Gasteiger partial charge on any atom is -0.331 e. The van der Waals surface area contributed by atoms with Crippen LogP contribution in [0.2, 0.25) is 0 Å². The summed E-state index contributed by atoms with van der Waals surface area (Å²) >= 11 is 0. The quantitative estimate of drug-likeness (QED) is 0.744. The molecule has 4 rings (SSSR count). The third-order valence-corrected chi connectivity index (χ3v) is 4.64. The summed E-state index contributed by atoms with van der Waals surface area (Å²) in [6, 6.07) is 11.9. The first-order valence-electron chi connectivity index (χ1n) is 8.25. The Morgan fingerprint density at radius 3 is 2.58 bits per heavy atom. The van der Waals surface area contributed by atoms with E-state index in [0.29, 0.717) is 0 Å². The van der Waals surface area contributed by atoms with Gasteiger partial charge in [-0.05, 0) is 49.2 Å². The van der Waals surface area contributed by atoms with Crippen LogP contribution in [-0.2, 0) is 7.05 Å². The second kappa shape index (κ2) is 6.00. The van der Waals surface area contributed by atoms with Crippen LogP contribution in [0.25, 0.3) is 5.69 Å². The molecule has 1 saturated heterocycles. The summed E-state index contributed by atoms with van der Waals surface area (Å²) < 4.78 is 3.82. The van der Waals surface area contributed by atoms with Gasteiger partial charge in [0, 0.05) is 49.0 Å². The van der Waals surface area contributed by atoms with Crippen molar-refractivity contribution in [2.75, 3.05) is 6.54 Å². The Kier molecular flexibility index (Phi) is 3.69. The molecule has 1 aliphatic heterocycles. The van der Waals surface area contributed by atoms with Crippen molar-refractivity contribution in [3.8, 4) is 5.69 Å². The van der Waals surface area contributed by atoms with Crippen LogP contribution >= 0.6 is 0 Å². The fraction of sp³-hybridized carbons (Fsp3) is 0.263. The van der Waals surface area contributed by atoms with Crippen molar-refractivity contribution in [3.05, 3.63) is 72.3 Å². The summed E-state index contributed by atoms with van der Waals surface area (Å²) in [5.41, 5.74) is 2.91. The molecule has 0 spiro atoms. The molecular weight excluding hydrogens is 300 g/mol. The molecule has 5 heteroatoms. The molecule has 5 nitrogen and oxygen atoms in total. The highest BCUT2D eigenvalue weighted by atomic mass is 16.2. The van der Waals surface area contributed by atoms with Gasteiger partial charge in [-0.3, -0.25) is 9.48 Å². The van der Waals surface area contributed by atoms with Gasteiger partial charge in [-0.1, -0.05) is 0 Å². The summed E-state index contributed by atoms with van der Waals surface area (Å²) in [6.45, 7) is 0.803. The number of nitrogens with zero attached hydrogens (tertiary/aromatic N) is 4. The Balaban J connectivity index is 1.56. The lowest BCUT2D eigenvalue weighted by Gasteiger charge is -2.24. The molecule has 1 fully saturated rings. The highest BCUT2D eigenvalue weighted by molar-refractivity contribution is 5.94. The fourth-order valence-corrected chi connectivity index (χ4v) is 3.42. The Bertz CT molecular complexity index is 833. The predicted molar refractivity (Wildman–Crippen MR) is 92.0 cm³/mol. The summed E-state index contributed by atoms with van der Waals surface area (Å²) in [5, 5.41) is 4.24. The van der Waals surface area contributed by atoms with Gasteiger partial charge < -0.3 is 9.47 Å². The van der Waals surface area contributed by atoms with Crippen molar-refractivity contribution >= 4 is 5.91 Å². The smallest absolute Gasteiger partial charge is 0.254 e. The van der Waals surface area contributed by atoms with Crippen LogP contribution in [0.5, 0.6) is 0 Å². The van der Waals surface area contributed by atoms with Crippen LogP contribution < -0.4 is 0 Å². The van der Waals surface area contributed by atoms with Crippen molar-refractivity contribution in [2.45, 2.75) is 18.9 Å². The van der Waals surface area contributed by atoms with Crippen LogP contribution in [0, 0.1) is 0 Å². The normalized spacial score (nSPS) is 17.4. The summed E-state index contributed by atoms with van der Waals surface area (Å²) in [6.07, 6.45) is 9.90. The number of aryl methyl sites for hydroxylation is 1. The largest absolute Gasteiger partial charge is 0.331 e. The van der Waals surface area contributed by atoms with Gasteiger partial charge in [-0.25, -0.2) is 0 Å². The Morgan fingerprint density at radius 2 is 1.92 bits per heavy atom. The molecule has 1 atom stereocenters. The molecule has 1 aromatic carbocycles. The van der Waals surface area contributed by atoms with Crippen LogP contribution in [0.15, 0.2) is 61.2 Å². The Morgan fingerprint density at radius 1 is 1.17 bits per heavy atom. The van der Waals surface area contributed by atoms with Gasteiger partial charge >= 0.3 is 0 Å². The Hall–Kier alpha value is -2.82. The minimum absolute atomic E-state index is 0.0976. The molecule has 0 N–H and O–H groups in total. The zero-order chi connectivity index (χ0) is 16.5. The number of carbonyl (C=O) groups excluding carboxylic acids is 1. The standard InChI is InChI=1S/C19H20N4O/c1-21-14-16(13-20-21)18-5-4-12-23(18)19(24)15-6-8-17(9-7-15)22-10-2-3-11-22/h2-3,6-11,13-14,18H,4-5,12H2,1H3. The number of amides is 1. The summed E-state index contributed by atoms with van der Waals surface area (Å²) in [7, 11) is 1.91. The second-order valence-corrected chi connectivity index (χ2v) is 6.24. The molecular formula is C19H20N4O. The minimum atomic E-state index is 0.0976. The number of hydrogen-bond donors (Lipinski definition) is 0. The van der Waals surface area contributed by atoms with Gasteiger partial charge in [-0.2, -0.15) is 5.10 Å². The highest BCUT2D eigenvalue weighted by Gasteiger charge is 2.31. The van der Waals surface area contributed by atoms with Gasteiger partial charge in [0.2, 0.25) is 0 Å². The van der Waals surface area contributed by atoms with E-state index >= 15 is 0 Å². The van der Waals surface area contributed by atoms with Crippen molar-refractivity contribution in [2.24, 2.45) is 7.05 Å². The first-order valence-corrected chi connectivity index (χ1v) is 8.25. The molecule has 1 amide bonds. The molecule has 122 valence electrons. The average Bonchev–Trinajstić information content (AvgIpc) is 3.35. The molecule has 3 aromatic rings. The van der Waals surface area contributed by atoms with E-state index in [9.17, 15) is 4.79 Å². The maximum atomic E-state index is 12.9. The van der Waals surface area contributed by atoms with E-state index in [1.54, 1.807) is 4.68 Å². The van der Waals surface area contributed by atoms with Gasteiger partial charge in [-0.15, -0.1) is 0 Å². The van der Waals surface area contributed by atoms with E-state index in [2.05, 4.69) is 5.10 Å². The van der Waals surface area contributed by atoms with E-state index in [0.717, 1.165) is 36.2 Å². The van der Waals surface area contributed by atoms with Crippen molar-refractivity contribution in [1.82, 2.24) is 19.2 Å². The molecule has 1 aliphatic rings. The van der Waals surface area contributed by atoms with E-state index in [4.69, 9.17) is 0 Å². The van der Waals surface area contributed by atoms with Crippen LogP contribution in [0.3, 0.4) is 0 Å². The van der Waals surface area contributed by atoms with E-state index in [-0.39, 0.29) is 11.9 Å². The van der Waals surface area contributed by atoms with E-state index < -0.39 is 0 Å². The number of rotatable bonds is 3. The van der Waals surface area contributed by atoms with Crippen LogP contribution in [0.4, 0.5) is 0 Å². The number of aromatic nitrogens is 3. The molecule has 0 radical (unpaired) electrons. The summed E-state index contributed by atoms with van der Waals surface area (Å²) in [4.78, 5) is 14.9. The molecule has 0 saturated carbocycles. The van der Waals surface area contributed by atoms with Gasteiger partial charge in [0.15, 0.2) is 0 Å². The Labute approximate surface area is 141 Å². The maximum Gasteiger partial charge on any atom is 0.254 e. The van der Waals surface area contributed by atoms with Gasteiger partial charge in [0.1, 0.15) is 0 Å². The molecule has 0 aliphatic carbocycles. The average molecular weight is 320 g/mol. The van der Waals surface area contributed by atoms with Gasteiger partial charge in [0.25, 0.3) is 5.91 Å². The first kappa shape index (κ1) is 14.8. The number of likely N-dealkylation sites (tertiary alicyclic amines) is 1. The van der Waals surface area contributed by atoms with Crippen molar-refractivity contribution in [1.29, 1.82) is 0 Å². The maximum absolute atomic E-state index is 12.9. The molecule has 1 unspecified atom stereocenters. The monoisotopic (exact) mass is 320 g/mol.